The highest BCUT2D eigenvalue weighted by atomic mass is 32.2. The molecule has 0 spiro atoms. The van der Waals surface area contributed by atoms with Gasteiger partial charge in [0.1, 0.15) is 11.5 Å². The molecule has 11 heteroatoms. The molecule has 0 radical (unpaired) electrons. The second kappa shape index (κ2) is 12.7. The Morgan fingerprint density at radius 2 is 0.923 bits per heavy atom. The number of morpholine rings is 2. The molecule has 0 aliphatic carbocycles. The van der Waals surface area contributed by atoms with Gasteiger partial charge in [-0.15, -0.1) is 0 Å². The second-order valence-electron chi connectivity index (χ2n) is 10.7. The average Bonchev–Trinajstić information content (AvgIpc) is 2.86. The summed E-state index contributed by atoms with van der Waals surface area (Å²) in [5.74, 6) is 1.00. The molecule has 0 N–H and O–H groups in total. The predicted octanol–water partition coefficient (Wildman–Crippen LogP) is 3.24. The van der Waals surface area contributed by atoms with Crippen LogP contribution < -0.4 is 4.74 Å². The molecule has 0 saturated carbocycles. The Bertz CT molecular complexity index is 1180. The van der Waals surface area contributed by atoms with Gasteiger partial charge in [0.15, 0.2) is 19.7 Å². The summed E-state index contributed by atoms with van der Waals surface area (Å²) in [6, 6.07) is 12.6. The maximum Gasteiger partial charge on any atom is 0.179 e. The van der Waals surface area contributed by atoms with Gasteiger partial charge in [-0.25, -0.2) is 16.8 Å². The minimum absolute atomic E-state index is 0.0339. The molecule has 2 aromatic rings. The van der Waals surface area contributed by atoms with Crippen molar-refractivity contribution in [2.75, 3.05) is 50.8 Å². The van der Waals surface area contributed by atoms with Crippen LogP contribution in [-0.2, 0) is 29.1 Å². The molecule has 39 heavy (non-hydrogen) atoms. The molecule has 0 aromatic heterocycles. The predicted molar refractivity (Wildman–Crippen MR) is 150 cm³/mol. The van der Waals surface area contributed by atoms with Gasteiger partial charge in [0, 0.05) is 39.3 Å². The molecule has 2 heterocycles. The van der Waals surface area contributed by atoms with E-state index in [1.807, 2.05) is 27.7 Å². The highest BCUT2D eigenvalue weighted by molar-refractivity contribution is 7.91. The van der Waals surface area contributed by atoms with Crippen molar-refractivity contribution in [1.82, 2.24) is 9.80 Å². The van der Waals surface area contributed by atoms with E-state index in [-0.39, 0.29) is 45.7 Å². The van der Waals surface area contributed by atoms with Crippen LogP contribution in [0.4, 0.5) is 0 Å². The Balaban J connectivity index is 1.30. The van der Waals surface area contributed by atoms with E-state index in [0.717, 1.165) is 26.2 Å². The maximum atomic E-state index is 12.9. The van der Waals surface area contributed by atoms with Gasteiger partial charge < -0.3 is 14.2 Å². The van der Waals surface area contributed by atoms with Gasteiger partial charge in [0.25, 0.3) is 0 Å². The van der Waals surface area contributed by atoms with Gasteiger partial charge in [0.2, 0.25) is 0 Å². The minimum Gasteiger partial charge on any atom is -0.457 e. The number of hydrogen-bond acceptors (Lipinski definition) is 9. The van der Waals surface area contributed by atoms with E-state index in [4.69, 9.17) is 14.2 Å². The van der Waals surface area contributed by atoms with E-state index in [1.54, 1.807) is 48.5 Å². The summed E-state index contributed by atoms with van der Waals surface area (Å²) < 4.78 is 68.7. The van der Waals surface area contributed by atoms with Crippen molar-refractivity contribution < 1.29 is 31.0 Å². The second-order valence-corrected chi connectivity index (χ2v) is 14.9. The van der Waals surface area contributed by atoms with Crippen LogP contribution in [0.3, 0.4) is 0 Å². The molecule has 216 valence electrons. The van der Waals surface area contributed by atoms with Crippen molar-refractivity contribution in [3.8, 4) is 11.5 Å². The molecule has 2 saturated heterocycles. The van der Waals surface area contributed by atoms with E-state index in [0.29, 0.717) is 24.6 Å². The lowest BCUT2D eigenvalue weighted by molar-refractivity contribution is -0.0663. The fraction of sp³-hybridized carbons (Fsp3) is 0.571. The van der Waals surface area contributed by atoms with Gasteiger partial charge in [-0.1, -0.05) is 0 Å². The van der Waals surface area contributed by atoms with Crippen LogP contribution in [0.25, 0.3) is 0 Å². The van der Waals surface area contributed by atoms with Gasteiger partial charge in [-0.2, -0.15) is 0 Å². The third kappa shape index (κ3) is 8.48. The normalized spacial score (nSPS) is 25.4. The summed E-state index contributed by atoms with van der Waals surface area (Å²) >= 11 is 0. The molecule has 2 aromatic carbocycles. The highest BCUT2D eigenvalue weighted by Gasteiger charge is 2.25. The van der Waals surface area contributed by atoms with Crippen molar-refractivity contribution in [3.63, 3.8) is 0 Å². The third-order valence-electron chi connectivity index (χ3n) is 6.94. The summed E-state index contributed by atoms with van der Waals surface area (Å²) in [6.45, 7) is 11.8. The smallest absolute Gasteiger partial charge is 0.179 e. The number of nitrogens with zero attached hydrogens (tertiary/aromatic N) is 2. The molecule has 2 fully saturated rings. The van der Waals surface area contributed by atoms with Crippen LogP contribution in [-0.4, -0.2) is 102 Å². The lowest BCUT2D eigenvalue weighted by atomic mass is 10.2. The van der Waals surface area contributed by atoms with E-state index >= 15 is 0 Å². The Morgan fingerprint density at radius 1 is 0.615 bits per heavy atom. The van der Waals surface area contributed by atoms with Gasteiger partial charge in [-0.05, 0) is 76.2 Å². The first-order valence-corrected chi connectivity index (χ1v) is 16.8. The molecule has 4 atom stereocenters. The molecule has 9 nitrogen and oxygen atoms in total. The molecular weight excluding hydrogens is 540 g/mol. The van der Waals surface area contributed by atoms with Crippen LogP contribution >= 0.6 is 0 Å². The first-order chi connectivity index (χ1) is 18.4. The zero-order valence-corrected chi connectivity index (χ0v) is 24.8. The molecule has 0 unspecified atom stereocenters. The lowest BCUT2D eigenvalue weighted by Gasteiger charge is -2.35. The number of ether oxygens (including phenoxy) is 3. The minimum atomic E-state index is -3.44. The van der Waals surface area contributed by atoms with E-state index in [9.17, 15) is 16.8 Å². The summed E-state index contributed by atoms with van der Waals surface area (Å²) in [7, 11) is -6.88. The summed E-state index contributed by atoms with van der Waals surface area (Å²) in [6.07, 6.45) is 0.352. The SMILES string of the molecule is C[C@@H]1CN(CCS(=O)(=O)c2ccc(Oc3ccc(S(=O)(=O)CCN4C[C@@H](C)O[C@@H](C)C4)cc3)cc2)C[C@@H](C)O1. The van der Waals surface area contributed by atoms with Crippen LogP contribution in [0.15, 0.2) is 58.3 Å². The van der Waals surface area contributed by atoms with Crippen LogP contribution in [0.5, 0.6) is 11.5 Å². The van der Waals surface area contributed by atoms with Crippen LogP contribution in [0, 0.1) is 0 Å². The number of benzene rings is 2. The highest BCUT2D eigenvalue weighted by Crippen LogP contribution is 2.25. The molecule has 2 aliphatic heterocycles. The van der Waals surface area contributed by atoms with Crippen molar-refractivity contribution in [1.29, 1.82) is 0 Å². The van der Waals surface area contributed by atoms with Crippen LogP contribution in [0.2, 0.25) is 0 Å². The summed E-state index contributed by atoms with van der Waals surface area (Å²) in [5.41, 5.74) is 0. The van der Waals surface area contributed by atoms with E-state index in [2.05, 4.69) is 9.80 Å². The van der Waals surface area contributed by atoms with E-state index < -0.39 is 19.7 Å². The molecule has 2 aliphatic rings. The monoisotopic (exact) mass is 580 g/mol. The zero-order valence-electron chi connectivity index (χ0n) is 23.2. The zero-order chi connectivity index (χ0) is 28.2. The topological polar surface area (TPSA) is 102 Å². The van der Waals surface area contributed by atoms with E-state index in [1.165, 1.54) is 0 Å². The van der Waals surface area contributed by atoms with Gasteiger partial charge >= 0.3 is 0 Å². The first kappa shape index (κ1) is 30.0. The van der Waals surface area contributed by atoms with Crippen molar-refractivity contribution in [3.05, 3.63) is 48.5 Å². The van der Waals surface area contributed by atoms with Crippen molar-refractivity contribution in [2.24, 2.45) is 0 Å². The standard InChI is InChI=1S/C28H40N2O7S2/c1-21-17-29(18-22(2)35-21)13-15-38(31,32)27-9-5-25(6-10-27)37-26-7-11-28(12-8-26)39(33,34)16-14-30-19-23(3)36-24(4)20-30/h5-12,21-24H,13-20H2,1-4H3/t21-,22-,23-,24+/m1/s1. The lowest BCUT2D eigenvalue weighted by Crippen LogP contribution is -2.46. The quantitative estimate of drug-likeness (QED) is 0.419. The van der Waals surface area contributed by atoms with Crippen molar-refractivity contribution >= 4 is 19.7 Å². The van der Waals surface area contributed by atoms with Crippen molar-refractivity contribution in [2.45, 2.75) is 61.9 Å². The number of sulfone groups is 2. The molecular formula is C28H40N2O7S2. The van der Waals surface area contributed by atoms with Crippen LogP contribution in [0.1, 0.15) is 27.7 Å². The first-order valence-electron chi connectivity index (χ1n) is 13.5. The summed E-state index contributed by atoms with van der Waals surface area (Å²) in [4.78, 5) is 4.74. The molecule has 0 bridgehead atoms. The average molecular weight is 581 g/mol. The fourth-order valence-electron chi connectivity index (χ4n) is 5.23. The number of hydrogen-bond donors (Lipinski definition) is 0. The largest absolute Gasteiger partial charge is 0.457 e. The Kier molecular flexibility index (Phi) is 9.72. The Hall–Kier alpha value is -2.02. The fourth-order valence-corrected chi connectivity index (χ4v) is 7.80. The van der Waals surface area contributed by atoms with Gasteiger partial charge in [0.05, 0.1) is 45.7 Å². The Morgan fingerprint density at radius 3 is 1.23 bits per heavy atom. The maximum absolute atomic E-state index is 12.9. The van der Waals surface area contributed by atoms with Gasteiger partial charge in [-0.3, -0.25) is 9.80 Å². The summed E-state index contributed by atoms with van der Waals surface area (Å²) in [5, 5.41) is 0. The molecule has 0 amide bonds. The Labute approximate surface area is 232 Å². The third-order valence-corrected chi connectivity index (χ3v) is 10.4. The molecule has 4 rings (SSSR count). The number of rotatable bonds is 10.